The van der Waals surface area contributed by atoms with E-state index < -0.39 is 17.9 Å². The van der Waals surface area contributed by atoms with E-state index in [9.17, 15) is 22.4 Å². The van der Waals surface area contributed by atoms with Gasteiger partial charge in [-0.3, -0.25) is 14.8 Å². The van der Waals surface area contributed by atoms with Crippen molar-refractivity contribution in [2.75, 3.05) is 18.5 Å². The van der Waals surface area contributed by atoms with Crippen LogP contribution in [0.2, 0.25) is 0 Å². The third-order valence-electron chi connectivity index (χ3n) is 5.51. The van der Waals surface area contributed by atoms with E-state index in [1.807, 2.05) is 24.0 Å². The molecule has 1 atom stereocenters. The van der Waals surface area contributed by atoms with Crippen LogP contribution in [0.1, 0.15) is 40.5 Å². The maximum absolute atomic E-state index is 14.0. The van der Waals surface area contributed by atoms with Gasteiger partial charge in [-0.15, -0.1) is 0 Å². The Balaban J connectivity index is 1.89. The van der Waals surface area contributed by atoms with Crippen molar-refractivity contribution in [2.45, 2.75) is 38.9 Å². The van der Waals surface area contributed by atoms with E-state index >= 15 is 0 Å². The van der Waals surface area contributed by atoms with E-state index in [2.05, 4.69) is 15.3 Å². The van der Waals surface area contributed by atoms with Gasteiger partial charge in [-0.25, -0.2) is 4.39 Å². The molecule has 0 spiro atoms. The number of hydrogen-bond acceptors (Lipinski definition) is 4. The number of alkyl halides is 3. The highest BCUT2D eigenvalue weighted by Crippen LogP contribution is 2.30. The van der Waals surface area contributed by atoms with Crippen LogP contribution in [0.3, 0.4) is 0 Å². The largest absolute Gasteiger partial charge is 0.433 e. The number of carbonyl (C=O) groups is 1. The number of nitrogens with zero attached hydrogens (tertiary/aromatic N) is 3. The van der Waals surface area contributed by atoms with Gasteiger partial charge in [-0.2, -0.15) is 13.2 Å². The lowest BCUT2D eigenvalue weighted by atomic mass is 10.0. The van der Waals surface area contributed by atoms with Gasteiger partial charge in [-0.1, -0.05) is 12.1 Å². The van der Waals surface area contributed by atoms with Gasteiger partial charge in [0.15, 0.2) is 0 Å². The van der Waals surface area contributed by atoms with Crippen LogP contribution < -0.4 is 10.2 Å². The van der Waals surface area contributed by atoms with Crippen molar-refractivity contribution in [3.8, 4) is 0 Å². The summed E-state index contributed by atoms with van der Waals surface area (Å²) < 4.78 is 52.3. The summed E-state index contributed by atoms with van der Waals surface area (Å²) >= 11 is 0. The lowest BCUT2D eigenvalue weighted by molar-refractivity contribution is -0.141. The quantitative estimate of drug-likeness (QED) is 0.457. The van der Waals surface area contributed by atoms with Crippen LogP contribution in [0, 0.1) is 19.7 Å². The molecular weight excluding hydrogens is 448 g/mol. The topological polar surface area (TPSA) is 58.1 Å². The molecule has 2 aromatic heterocycles. The monoisotopic (exact) mass is 474 g/mol. The summed E-state index contributed by atoms with van der Waals surface area (Å²) in [6, 6.07) is 9.91. The summed E-state index contributed by atoms with van der Waals surface area (Å²) in [6.07, 6.45) is -0.656. The number of carbonyl (C=O) groups excluding carboxylic acids is 1. The van der Waals surface area contributed by atoms with Crippen LogP contribution in [0.15, 0.2) is 54.9 Å². The Bertz CT molecular complexity index is 1120. The normalized spacial score (nSPS) is 12.3. The number of amides is 1. The van der Waals surface area contributed by atoms with E-state index in [1.165, 1.54) is 18.3 Å². The molecule has 0 aliphatic heterocycles. The minimum absolute atomic E-state index is 0.260. The molecular formula is C25H26F4N4O. The molecule has 0 bridgehead atoms. The number of nitrogens with one attached hydrogen (secondary N) is 1. The maximum atomic E-state index is 14.0. The van der Waals surface area contributed by atoms with Gasteiger partial charge >= 0.3 is 6.18 Å². The molecule has 3 aromatic rings. The van der Waals surface area contributed by atoms with Crippen LogP contribution in [0.4, 0.5) is 23.2 Å². The highest BCUT2D eigenvalue weighted by atomic mass is 19.4. The fourth-order valence-corrected chi connectivity index (χ4v) is 3.66. The van der Waals surface area contributed by atoms with Crippen molar-refractivity contribution in [2.24, 2.45) is 0 Å². The van der Waals surface area contributed by atoms with Gasteiger partial charge in [0.05, 0.1) is 0 Å². The van der Waals surface area contributed by atoms with Crippen LogP contribution in [0.5, 0.6) is 0 Å². The average Bonchev–Trinajstić information content (AvgIpc) is 2.81. The third kappa shape index (κ3) is 6.09. The molecule has 0 aliphatic rings. The zero-order valence-electron chi connectivity index (χ0n) is 19.2. The second-order valence-corrected chi connectivity index (χ2v) is 8.03. The number of likely N-dealkylation sites (N-methyl/N-ethyl adjacent to an activating group) is 1. The Labute approximate surface area is 195 Å². The molecule has 3 rings (SSSR count). The summed E-state index contributed by atoms with van der Waals surface area (Å²) in [4.78, 5) is 22.6. The number of halogens is 4. The summed E-state index contributed by atoms with van der Waals surface area (Å²) in [5.41, 5.74) is 2.27. The zero-order chi connectivity index (χ0) is 24.9. The number of rotatable bonds is 8. The Hall–Kier alpha value is -3.49. The van der Waals surface area contributed by atoms with Crippen LogP contribution in [-0.2, 0) is 17.4 Å². The van der Waals surface area contributed by atoms with E-state index in [1.54, 1.807) is 32.3 Å². The number of aryl methyl sites for hydroxylation is 3. The van der Waals surface area contributed by atoms with Gasteiger partial charge in [0.2, 0.25) is 5.91 Å². The fourth-order valence-electron chi connectivity index (χ4n) is 3.66. The smallest absolute Gasteiger partial charge is 0.357 e. The molecule has 0 aliphatic carbocycles. The molecule has 2 heterocycles. The van der Waals surface area contributed by atoms with Gasteiger partial charge < -0.3 is 10.2 Å². The molecule has 0 radical (unpaired) electrons. The molecule has 1 N–H and O–H groups in total. The lowest BCUT2D eigenvalue weighted by Crippen LogP contribution is -2.40. The van der Waals surface area contributed by atoms with E-state index in [-0.39, 0.29) is 11.7 Å². The molecule has 0 fully saturated rings. The first-order valence-corrected chi connectivity index (χ1v) is 10.8. The number of aromatic nitrogens is 2. The molecule has 0 saturated carbocycles. The molecule has 1 aromatic carbocycles. The predicted octanol–water partition coefficient (Wildman–Crippen LogP) is 5.18. The van der Waals surface area contributed by atoms with Crippen molar-refractivity contribution in [1.29, 1.82) is 0 Å². The van der Waals surface area contributed by atoms with Crippen LogP contribution in [0.25, 0.3) is 0 Å². The summed E-state index contributed by atoms with van der Waals surface area (Å²) in [5, 5.41) is 2.68. The number of anilines is 1. The third-order valence-corrected chi connectivity index (χ3v) is 5.51. The second-order valence-electron chi connectivity index (χ2n) is 8.03. The van der Waals surface area contributed by atoms with Gasteiger partial charge in [0, 0.05) is 42.9 Å². The molecule has 0 unspecified atom stereocenters. The molecule has 9 heteroatoms. The molecule has 1 amide bonds. The Morgan fingerprint density at radius 1 is 1.06 bits per heavy atom. The Morgan fingerprint density at radius 2 is 1.82 bits per heavy atom. The minimum atomic E-state index is -4.49. The van der Waals surface area contributed by atoms with Gasteiger partial charge in [0.25, 0.3) is 0 Å². The zero-order valence-corrected chi connectivity index (χ0v) is 19.2. The Morgan fingerprint density at radius 3 is 2.38 bits per heavy atom. The Kier molecular flexibility index (Phi) is 7.86. The van der Waals surface area contributed by atoms with Crippen LogP contribution >= 0.6 is 0 Å². The van der Waals surface area contributed by atoms with E-state index in [0.717, 1.165) is 11.8 Å². The SMILES string of the molecule is CNC(=O)[C@@H](c1ccc(C)nc1)N(CCCc1ccc(C(F)(F)F)nc1)c1ccc(F)c(C)c1. The van der Waals surface area contributed by atoms with E-state index in [4.69, 9.17) is 0 Å². The first-order chi connectivity index (χ1) is 16.1. The highest BCUT2D eigenvalue weighted by Gasteiger charge is 2.32. The summed E-state index contributed by atoms with van der Waals surface area (Å²) in [5.74, 6) is -0.614. The first kappa shape index (κ1) is 25.1. The number of hydrogen-bond donors (Lipinski definition) is 1. The molecule has 5 nitrogen and oxygen atoms in total. The molecule has 34 heavy (non-hydrogen) atoms. The number of benzene rings is 1. The summed E-state index contributed by atoms with van der Waals surface area (Å²) in [7, 11) is 1.54. The van der Waals surface area contributed by atoms with E-state index in [0.29, 0.717) is 41.8 Å². The van der Waals surface area contributed by atoms with Crippen molar-refractivity contribution in [3.63, 3.8) is 0 Å². The van der Waals surface area contributed by atoms with Crippen molar-refractivity contribution >= 4 is 11.6 Å². The van der Waals surface area contributed by atoms with Crippen molar-refractivity contribution in [1.82, 2.24) is 15.3 Å². The predicted molar refractivity (Wildman–Crippen MR) is 122 cm³/mol. The van der Waals surface area contributed by atoms with Crippen molar-refractivity contribution in [3.05, 3.63) is 88.8 Å². The van der Waals surface area contributed by atoms with Crippen LogP contribution in [-0.4, -0.2) is 29.5 Å². The van der Waals surface area contributed by atoms with Gasteiger partial charge in [-0.05, 0) is 68.1 Å². The second kappa shape index (κ2) is 10.6. The maximum Gasteiger partial charge on any atom is 0.433 e. The number of pyridine rings is 2. The highest BCUT2D eigenvalue weighted by molar-refractivity contribution is 5.86. The minimum Gasteiger partial charge on any atom is -0.357 e. The average molecular weight is 475 g/mol. The summed E-state index contributed by atoms with van der Waals surface area (Å²) in [6.45, 7) is 3.88. The lowest BCUT2D eigenvalue weighted by Gasteiger charge is -2.33. The first-order valence-electron chi connectivity index (χ1n) is 10.8. The fraction of sp³-hybridized carbons (Fsp3) is 0.320. The molecule has 180 valence electrons. The molecule has 0 saturated heterocycles. The van der Waals surface area contributed by atoms with Crippen molar-refractivity contribution < 1.29 is 22.4 Å². The van der Waals surface area contributed by atoms with Gasteiger partial charge in [0.1, 0.15) is 17.6 Å². The standard InChI is InChI=1S/C25H26F4N4O/c1-16-13-20(9-10-21(16)26)33(23(24(34)30-3)19-8-6-17(2)31-15-19)12-4-5-18-7-11-22(32-14-18)25(27,28)29/h6-11,13-15,23H,4-5,12H2,1-3H3,(H,30,34)/t23-/m1/s1.